The summed E-state index contributed by atoms with van der Waals surface area (Å²) in [6.07, 6.45) is -4.78. The van der Waals surface area contributed by atoms with E-state index >= 15 is 0 Å². The molecule has 29 heavy (non-hydrogen) atoms. The van der Waals surface area contributed by atoms with Crippen LogP contribution in [0.15, 0.2) is 58.4 Å². The van der Waals surface area contributed by atoms with Gasteiger partial charge in [-0.25, -0.2) is 13.6 Å². The molecule has 2 aromatic carbocycles. The second kappa shape index (κ2) is 10.6. The number of guanidine groups is 1. The summed E-state index contributed by atoms with van der Waals surface area (Å²) in [7, 11) is -2.25. The average Bonchev–Trinajstić information content (AvgIpc) is 2.61. The van der Waals surface area contributed by atoms with E-state index in [4.69, 9.17) is 5.14 Å². The van der Waals surface area contributed by atoms with Gasteiger partial charge < -0.3 is 15.4 Å². The van der Waals surface area contributed by atoms with Crippen molar-refractivity contribution >= 4 is 40.0 Å². The number of nitrogens with zero attached hydrogens (tertiary/aromatic N) is 1. The number of ether oxygens (including phenoxy) is 1. The highest BCUT2D eigenvalue weighted by Gasteiger charge is 2.31. The Hall–Kier alpha value is -2.06. The monoisotopic (exact) mass is 544 g/mol. The first-order valence-electron chi connectivity index (χ1n) is 7.98. The van der Waals surface area contributed by atoms with Gasteiger partial charge in [-0.05, 0) is 23.8 Å². The Labute approximate surface area is 183 Å². The molecule has 0 fully saturated rings. The molecule has 0 unspecified atom stereocenters. The SMILES string of the molecule is CN=C(NCc1ccc(S(N)(=O)=O)cc1)NCc1ccccc1OC(F)(F)F.I. The molecule has 0 radical (unpaired) electrons. The zero-order chi connectivity index (χ0) is 20.8. The zero-order valence-corrected chi connectivity index (χ0v) is 18.4. The summed E-state index contributed by atoms with van der Waals surface area (Å²) in [6, 6.07) is 11.7. The van der Waals surface area contributed by atoms with Crippen molar-refractivity contribution < 1.29 is 26.3 Å². The number of nitrogens with two attached hydrogens (primary N) is 1. The van der Waals surface area contributed by atoms with Gasteiger partial charge in [0.25, 0.3) is 0 Å². The Morgan fingerprint density at radius 2 is 1.66 bits per heavy atom. The summed E-state index contributed by atoms with van der Waals surface area (Å²) in [5.41, 5.74) is 1.07. The summed E-state index contributed by atoms with van der Waals surface area (Å²) in [5.74, 6) is 0.0499. The molecular weight excluding hydrogens is 524 g/mol. The molecule has 0 saturated carbocycles. The highest BCUT2D eigenvalue weighted by Crippen LogP contribution is 2.26. The van der Waals surface area contributed by atoms with Gasteiger partial charge in [-0.3, -0.25) is 4.99 Å². The lowest BCUT2D eigenvalue weighted by Crippen LogP contribution is -2.36. The molecule has 0 bridgehead atoms. The maximum absolute atomic E-state index is 12.5. The van der Waals surface area contributed by atoms with Crippen molar-refractivity contribution in [1.29, 1.82) is 0 Å². The van der Waals surface area contributed by atoms with Gasteiger partial charge in [0.05, 0.1) is 4.90 Å². The molecule has 0 aliphatic rings. The Bertz CT molecular complexity index is 936. The number of halogens is 4. The van der Waals surface area contributed by atoms with Crippen molar-refractivity contribution in [2.24, 2.45) is 10.1 Å². The van der Waals surface area contributed by atoms with Crippen LogP contribution < -0.4 is 20.5 Å². The standard InChI is InChI=1S/C17H19F3N4O3S.HI/c1-22-16(23-10-12-6-8-14(9-7-12)28(21,25)26)24-11-13-4-2-3-5-15(13)27-17(18,19)20;/h2-9H,10-11H2,1H3,(H2,21,25,26)(H2,22,23,24);1H. The topological polar surface area (TPSA) is 106 Å². The second-order valence-electron chi connectivity index (χ2n) is 5.62. The van der Waals surface area contributed by atoms with Gasteiger partial charge in [-0.15, -0.1) is 37.1 Å². The van der Waals surface area contributed by atoms with Gasteiger partial charge in [0.1, 0.15) is 5.75 Å². The van der Waals surface area contributed by atoms with Crippen molar-refractivity contribution in [3.8, 4) is 5.75 Å². The summed E-state index contributed by atoms with van der Waals surface area (Å²) < 4.78 is 63.9. The van der Waals surface area contributed by atoms with Crippen LogP contribution >= 0.6 is 24.0 Å². The lowest BCUT2D eigenvalue weighted by Gasteiger charge is -2.15. The van der Waals surface area contributed by atoms with Crippen LogP contribution in [0, 0.1) is 0 Å². The van der Waals surface area contributed by atoms with E-state index in [0.717, 1.165) is 5.56 Å². The molecular formula is C17H20F3IN4O3S. The first-order chi connectivity index (χ1) is 13.1. The minimum atomic E-state index is -4.78. The predicted molar refractivity (Wildman–Crippen MR) is 113 cm³/mol. The lowest BCUT2D eigenvalue weighted by atomic mass is 10.2. The van der Waals surface area contributed by atoms with Crippen LogP contribution in [0.3, 0.4) is 0 Å². The normalized spacial score (nSPS) is 12.1. The van der Waals surface area contributed by atoms with Crippen molar-refractivity contribution in [1.82, 2.24) is 10.6 Å². The molecule has 0 heterocycles. The Morgan fingerprint density at radius 3 is 2.21 bits per heavy atom. The number of aliphatic imine (C=N–C) groups is 1. The first-order valence-corrected chi connectivity index (χ1v) is 9.53. The van der Waals surface area contributed by atoms with Crippen molar-refractivity contribution in [3.05, 3.63) is 59.7 Å². The highest BCUT2D eigenvalue weighted by atomic mass is 127. The number of rotatable bonds is 6. The van der Waals surface area contributed by atoms with Gasteiger partial charge in [0, 0.05) is 25.7 Å². The summed E-state index contributed by atoms with van der Waals surface area (Å²) in [6.45, 7) is 0.363. The molecule has 4 N–H and O–H groups in total. The van der Waals surface area contributed by atoms with E-state index in [9.17, 15) is 21.6 Å². The number of hydrogen-bond acceptors (Lipinski definition) is 4. The number of primary sulfonamides is 1. The van der Waals surface area contributed by atoms with Gasteiger partial charge in [0.15, 0.2) is 5.96 Å². The van der Waals surface area contributed by atoms with E-state index in [1.807, 2.05) is 0 Å². The van der Waals surface area contributed by atoms with Crippen LogP contribution in [0.1, 0.15) is 11.1 Å². The van der Waals surface area contributed by atoms with Crippen molar-refractivity contribution in [2.75, 3.05) is 7.05 Å². The van der Waals surface area contributed by atoms with E-state index in [1.165, 1.54) is 37.4 Å². The number of benzene rings is 2. The molecule has 0 aliphatic heterocycles. The zero-order valence-electron chi connectivity index (χ0n) is 15.2. The molecule has 0 aliphatic carbocycles. The maximum Gasteiger partial charge on any atom is 0.573 e. The fraction of sp³-hybridized carbons (Fsp3) is 0.235. The number of hydrogen-bond donors (Lipinski definition) is 3. The quantitative estimate of drug-likeness (QED) is 0.295. The van der Waals surface area contributed by atoms with Crippen molar-refractivity contribution in [3.63, 3.8) is 0 Å². The molecule has 0 atom stereocenters. The Morgan fingerprint density at radius 1 is 1.07 bits per heavy atom. The molecule has 2 aromatic rings. The largest absolute Gasteiger partial charge is 0.573 e. The van der Waals surface area contributed by atoms with E-state index in [-0.39, 0.29) is 41.2 Å². The van der Waals surface area contributed by atoms with Crippen LogP contribution in [0.25, 0.3) is 0 Å². The first kappa shape index (κ1) is 25.0. The highest BCUT2D eigenvalue weighted by molar-refractivity contribution is 14.0. The van der Waals surface area contributed by atoms with Gasteiger partial charge >= 0.3 is 6.36 Å². The van der Waals surface area contributed by atoms with Crippen molar-refractivity contribution in [2.45, 2.75) is 24.3 Å². The van der Waals surface area contributed by atoms with Gasteiger partial charge in [-0.2, -0.15) is 0 Å². The fourth-order valence-corrected chi connectivity index (χ4v) is 2.77. The smallest absolute Gasteiger partial charge is 0.405 e. The van der Waals surface area contributed by atoms with E-state index in [0.29, 0.717) is 18.1 Å². The van der Waals surface area contributed by atoms with E-state index in [1.54, 1.807) is 18.2 Å². The predicted octanol–water partition coefficient (Wildman–Crippen LogP) is 2.72. The molecule has 160 valence electrons. The van der Waals surface area contributed by atoms with Crippen LogP contribution in [0.2, 0.25) is 0 Å². The lowest BCUT2D eigenvalue weighted by molar-refractivity contribution is -0.274. The van der Waals surface area contributed by atoms with E-state index < -0.39 is 16.4 Å². The fourth-order valence-electron chi connectivity index (χ4n) is 2.26. The van der Waals surface area contributed by atoms with Gasteiger partial charge in [-0.1, -0.05) is 30.3 Å². The maximum atomic E-state index is 12.5. The summed E-state index contributed by atoms with van der Waals surface area (Å²) in [4.78, 5) is 3.99. The molecule has 0 spiro atoms. The third-order valence-corrected chi connectivity index (χ3v) is 4.51. The number of alkyl halides is 3. The number of nitrogens with one attached hydrogen (secondary N) is 2. The molecule has 7 nitrogen and oxygen atoms in total. The number of sulfonamides is 1. The second-order valence-corrected chi connectivity index (χ2v) is 7.19. The summed E-state index contributed by atoms with van der Waals surface area (Å²) in [5, 5.41) is 10.9. The minimum Gasteiger partial charge on any atom is -0.405 e. The van der Waals surface area contributed by atoms with E-state index in [2.05, 4.69) is 20.4 Å². The third-order valence-electron chi connectivity index (χ3n) is 3.58. The van der Waals surface area contributed by atoms with Crippen LogP contribution in [-0.2, 0) is 23.1 Å². The van der Waals surface area contributed by atoms with Crippen LogP contribution in [0.5, 0.6) is 5.75 Å². The number of para-hydroxylation sites is 1. The van der Waals surface area contributed by atoms with Gasteiger partial charge in [0.2, 0.25) is 10.0 Å². The van der Waals surface area contributed by atoms with Crippen LogP contribution in [0.4, 0.5) is 13.2 Å². The Balaban J connectivity index is 0.00000420. The molecule has 2 rings (SSSR count). The third kappa shape index (κ3) is 8.45. The molecule has 0 aromatic heterocycles. The van der Waals surface area contributed by atoms with Crippen LogP contribution in [-0.4, -0.2) is 27.8 Å². The minimum absolute atomic E-state index is 0. The molecule has 12 heteroatoms. The molecule has 0 saturated heterocycles. The summed E-state index contributed by atoms with van der Waals surface area (Å²) >= 11 is 0. The Kier molecular flexibility index (Phi) is 9.16. The average molecular weight is 544 g/mol. The molecule has 0 amide bonds.